The number of amides is 1. The Morgan fingerprint density at radius 2 is 1.45 bits per heavy atom. The van der Waals surface area contributed by atoms with Gasteiger partial charge >= 0.3 is 6.18 Å². The molecule has 1 aliphatic rings. The molecule has 0 aliphatic heterocycles. The van der Waals surface area contributed by atoms with E-state index in [-0.39, 0.29) is 11.6 Å². The minimum Gasteiger partial charge on any atom is -0.326 e. The lowest BCUT2D eigenvalue weighted by Crippen LogP contribution is -2.18. The van der Waals surface area contributed by atoms with Gasteiger partial charge in [-0.15, -0.1) is 23.2 Å². The Hall–Kier alpha value is -3.29. The van der Waals surface area contributed by atoms with Crippen LogP contribution in [-0.2, 0) is 28.6 Å². The van der Waals surface area contributed by atoms with Crippen LogP contribution in [-0.4, -0.2) is 28.2 Å². The molecular weight excluding hydrogens is 676 g/mol. The number of nitrogens with one attached hydrogen (secondary N) is 1. The zero-order valence-electron chi connectivity index (χ0n) is 21.4. The van der Waals surface area contributed by atoms with Gasteiger partial charge < -0.3 is 5.32 Å². The molecule has 0 spiro atoms. The fourth-order valence-corrected chi connectivity index (χ4v) is 5.60. The van der Waals surface area contributed by atoms with Crippen molar-refractivity contribution >= 4 is 58.0 Å². The third-order valence-corrected chi connectivity index (χ3v) is 8.09. The molecule has 1 amide bonds. The molecule has 0 unspecified atom stereocenters. The molecule has 44 heavy (non-hydrogen) atoms. The summed E-state index contributed by atoms with van der Waals surface area (Å²) in [6.07, 6.45) is -10.5. The minimum absolute atomic E-state index is 0.210. The van der Waals surface area contributed by atoms with Crippen molar-refractivity contribution in [1.82, 2.24) is 0 Å². The molecular formula is C28H15Cl3F9NO3. The number of rotatable bonds is 9. The van der Waals surface area contributed by atoms with E-state index in [4.69, 9.17) is 34.8 Å². The second-order valence-electron chi connectivity index (χ2n) is 9.75. The summed E-state index contributed by atoms with van der Waals surface area (Å²) in [4.78, 5) is 37.2. The van der Waals surface area contributed by atoms with Crippen LogP contribution in [0.15, 0.2) is 42.5 Å². The van der Waals surface area contributed by atoms with Gasteiger partial charge in [0, 0.05) is 36.1 Å². The van der Waals surface area contributed by atoms with Gasteiger partial charge in [-0.05, 0) is 47.0 Å². The molecule has 1 fully saturated rings. The Balaban J connectivity index is 1.56. The molecule has 3 aromatic rings. The maximum absolute atomic E-state index is 14.6. The van der Waals surface area contributed by atoms with E-state index < -0.39 is 115 Å². The first-order valence-corrected chi connectivity index (χ1v) is 13.3. The number of carbonyl (C=O) groups is 3. The van der Waals surface area contributed by atoms with Crippen molar-refractivity contribution in [2.45, 2.75) is 35.7 Å². The van der Waals surface area contributed by atoms with Crippen LogP contribution in [0.4, 0.5) is 45.2 Å². The summed E-state index contributed by atoms with van der Waals surface area (Å²) in [6.45, 7) is 0. The van der Waals surface area contributed by atoms with Crippen molar-refractivity contribution in [1.29, 1.82) is 0 Å². The van der Waals surface area contributed by atoms with E-state index in [9.17, 15) is 53.9 Å². The van der Waals surface area contributed by atoms with E-state index in [1.165, 1.54) is 0 Å². The molecule has 0 saturated heterocycles. The van der Waals surface area contributed by atoms with Gasteiger partial charge in [0.15, 0.2) is 5.78 Å². The molecule has 0 heterocycles. The van der Waals surface area contributed by atoms with Crippen LogP contribution >= 0.6 is 34.8 Å². The van der Waals surface area contributed by atoms with Crippen molar-refractivity contribution < 1.29 is 53.9 Å². The summed E-state index contributed by atoms with van der Waals surface area (Å²) in [5.41, 5.74) is -3.97. The average Bonchev–Trinajstić information content (AvgIpc) is 3.49. The van der Waals surface area contributed by atoms with Gasteiger partial charge in [-0.3, -0.25) is 14.4 Å². The van der Waals surface area contributed by atoms with Crippen molar-refractivity contribution in [2.24, 2.45) is 5.92 Å². The lowest BCUT2D eigenvalue weighted by atomic mass is 9.98. The largest absolute Gasteiger partial charge is 0.419 e. The number of anilines is 1. The highest BCUT2D eigenvalue weighted by molar-refractivity contribution is 6.53. The Kier molecular flexibility index (Phi) is 9.35. The molecule has 234 valence electrons. The first kappa shape index (κ1) is 33.6. The van der Waals surface area contributed by atoms with E-state index in [1.807, 2.05) is 0 Å². The quantitative estimate of drug-likeness (QED) is 0.140. The molecule has 4 nitrogen and oxygen atoms in total. The van der Waals surface area contributed by atoms with Crippen LogP contribution in [0.5, 0.6) is 0 Å². The van der Waals surface area contributed by atoms with Crippen molar-refractivity contribution in [3.63, 3.8) is 0 Å². The van der Waals surface area contributed by atoms with Gasteiger partial charge in [-0.2, -0.15) is 13.2 Å². The summed E-state index contributed by atoms with van der Waals surface area (Å²) < 4.78 is 120. The van der Waals surface area contributed by atoms with E-state index >= 15 is 0 Å². The molecule has 0 aromatic heterocycles. The topological polar surface area (TPSA) is 63.2 Å². The lowest BCUT2D eigenvalue weighted by Gasteiger charge is -2.12. The van der Waals surface area contributed by atoms with E-state index in [1.54, 1.807) is 0 Å². The third kappa shape index (κ3) is 6.84. The zero-order chi connectivity index (χ0) is 32.9. The minimum atomic E-state index is -5.06. The number of alkyl halides is 7. The van der Waals surface area contributed by atoms with Crippen LogP contribution in [0.3, 0.4) is 0 Å². The third-order valence-electron chi connectivity index (χ3n) is 6.76. The Morgan fingerprint density at radius 1 is 0.841 bits per heavy atom. The SMILES string of the molecule is O=C(Cc1cc(CC(=O)C(F)F)c(F)cc1F)c1cc(NC(=O)[C@H]2[C@H](c3ccc(F)c(C(F)(F)F)c3)C2(Cl)Cl)cc(F)c1Cl. The van der Waals surface area contributed by atoms with Gasteiger partial charge in [0.2, 0.25) is 11.7 Å². The second-order valence-corrected chi connectivity index (χ2v) is 11.6. The number of ketones is 2. The molecule has 0 bridgehead atoms. The number of hydrogen-bond donors (Lipinski definition) is 1. The Labute approximate surface area is 257 Å². The normalized spacial score (nSPS) is 17.5. The molecule has 16 heteroatoms. The van der Waals surface area contributed by atoms with E-state index in [0.29, 0.717) is 24.3 Å². The summed E-state index contributed by atoms with van der Waals surface area (Å²) >= 11 is 18.2. The molecule has 1 N–H and O–H groups in total. The van der Waals surface area contributed by atoms with Gasteiger partial charge in [0.05, 0.1) is 16.5 Å². The van der Waals surface area contributed by atoms with Gasteiger partial charge in [-0.1, -0.05) is 17.7 Å². The Bertz CT molecular complexity index is 1680. The maximum Gasteiger partial charge on any atom is 0.419 e. The molecule has 4 rings (SSSR count). The smallest absolute Gasteiger partial charge is 0.326 e. The molecule has 3 aromatic carbocycles. The van der Waals surface area contributed by atoms with Crippen LogP contribution in [0.25, 0.3) is 0 Å². The number of benzene rings is 3. The summed E-state index contributed by atoms with van der Waals surface area (Å²) in [5, 5.41) is 1.45. The van der Waals surface area contributed by atoms with Gasteiger partial charge in [0.25, 0.3) is 6.43 Å². The molecule has 2 atom stereocenters. The fraction of sp³-hybridized carbons (Fsp3) is 0.250. The Morgan fingerprint density at radius 3 is 2.05 bits per heavy atom. The highest BCUT2D eigenvalue weighted by Crippen LogP contribution is 2.65. The monoisotopic (exact) mass is 689 g/mol. The molecule has 1 aliphatic carbocycles. The number of carbonyl (C=O) groups excluding carboxylic acids is 3. The first-order valence-electron chi connectivity index (χ1n) is 12.2. The number of Topliss-reactive ketones (excluding diaryl/α,β-unsaturated/α-hetero) is 2. The highest BCUT2D eigenvalue weighted by Gasteiger charge is 2.67. The van der Waals surface area contributed by atoms with Gasteiger partial charge in [0.1, 0.15) is 27.6 Å². The second kappa shape index (κ2) is 12.2. The van der Waals surface area contributed by atoms with Crippen molar-refractivity contribution in [2.75, 3.05) is 5.32 Å². The predicted octanol–water partition coefficient (Wildman–Crippen LogP) is 8.24. The standard InChI is InChI=1S/C28H15Cl3F9NO3/c29-24-14(20(42)5-11-3-12(6-21(43)25(36)37)18(34)9-17(11)33)7-13(8-19(24)35)41-26(44)23-22(27(23,30)31)10-1-2-16(32)15(4-10)28(38,39)40/h1-4,7-9,22-23,25H,5-6H2,(H,41,44)/t22-,23+/m0/s1. The lowest BCUT2D eigenvalue weighted by molar-refractivity contribution is -0.140. The zero-order valence-corrected chi connectivity index (χ0v) is 23.7. The first-order chi connectivity index (χ1) is 20.3. The highest BCUT2D eigenvalue weighted by atomic mass is 35.5. The maximum atomic E-state index is 14.6. The fourth-order valence-electron chi connectivity index (χ4n) is 4.55. The number of halogens is 12. The van der Waals surface area contributed by atoms with E-state index in [0.717, 1.165) is 12.1 Å². The van der Waals surface area contributed by atoms with Crippen LogP contribution in [0.1, 0.15) is 38.5 Å². The molecule has 0 radical (unpaired) electrons. The molecule has 1 saturated carbocycles. The van der Waals surface area contributed by atoms with Crippen molar-refractivity contribution in [3.05, 3.63) is 98.6 Å². The van der Waals surface area contributed by atoms with Gasteiger partial charge in [-0.25, -0.2) is 26.3 Å². The van der Waals surface area contributed by atoms with Crippen molar-refractivity contribution in [3.8, 4) is 0 Å². The summed E-state index contributed by atoms with van der Waals surface area (Å²) in [5.74, 6) is -11.8. The number of hydrogen-bond acceptors (Lipinski definition) is 3. The van der Waals surface area contributed by atoms with Crippen LogP contribution in [0.2, 0.25) is 5.02 Å². The average molecular weight is 691 g/mol. The van der Waals surface area contributed by atoms with E-state index in [2.05, 4.69) is 5.32 Å². The predicted molar refractivity (Wildman–Crippen MR) is 141 cm³/mol. The summed E-state index contributed by atoms with van der Waals surface area (Å²) in [6, 6.07) is 4.49. The summed E-state index contributed by atoms with van der Waals surface area (Å²) in [7, 11) is 0. The van der Waals surface area contributed by atoms with Crippen LogP contribution in [0, 0.1) is 29.2 Å². The van der Waals surface area contributed by atoms with Crippen LogP contribution < -0.4 is 5.32 Å².